The number of benzene rings is 1. The number of hydrogen-bond acceptors (Lipinski definition) is 3. The third-order valence-corrected chi connectivity index (χ3v) is 2.56. The zero-order valence-corrected chi connectivity index (χ0v) is 10.1. The van der Waals surface area contributed by atoms with Crippen molar-refractivity contribution in [2.45, 2.75) is 20.8 Å². The molecule has 0 unspecified atom stereocenters. The Morgan fingerprint density at radius 2 is 2.06 bits per heavy atom. The van der Waals surface area contributed by atoms with Gasteiger partial charge >= 0.3 is 13.1 Å². The van der Waals surface area contributed by atoms with Gasteiger partial charge in [-0.25, -0.2) is 0 Å². The van der Waals surface area contributed by atoms with Crippen LogP contribution < -0.4 is 9.39 Å². The number of esters is 1. The predicted octanol–water partition coefficient (Wildman–Crippen LogP) is 2.43. The summed E-state index contributed by atoms with van der Waals surface area (Å²) in [5, 5.41) is 0. The van der Waals surface area contributed by atoms with Gasteiger partial charge in [0.15, 0.2) is 0 Å². The molecule has 2 rings (SSSR count). The van der Waals surface area contributed by atoms with Gasteiger partial charge in [0.05, 0.1) is 0 Å². The summed E-state index contributed by atoms with van der Waals surface area (Å²) in [6.07, 6.45) is 0. The average molecular weight is 256 g/mol. The van der Waals surface area contributed by atoms with Crippen LogP contribution in [0.5, 0.6) is 11.5 Å². The van der Waals surface area contributed by atoms with Crippen molar-refractivity contribution in [2.24, 2.45) is 0 Å². The molecule has 0 spiro atoms. The first kappa shape index (κ1) is 12.5. The number of hydrogen-bond donors (Lipinski definition) is 0. The largest absolute Gasteiger partial charge is 0.994 e. The second kappa shape index (κ2) is 4.08. The first-order valence-electron chi connectivity index (χ1n) is 5.34. The minimum absolute atomic E-state index is 0.0116. The number of rotatable bonds is 1. The van der Waals surface area contributed by atoms with E-state index in [-0.39, 0.29) is 17.3 Å². The van der Waals surface area contributed by atoms with E-state index in [1.165, 1.54) is 26.0 Å². The molecule has 0 fully saturated rings. The first-order valence-corrected chi connectivity index (χ1v) is 5.34. The fourth-order valence-corrected chi connectivity index (χ4v) is 1.80. The van der Waals surface area contributed by atoms with Crippen molar-refractivity contribution < 1.29 is 27.2 Å². The molecule has 18 heavy (non-hydrogen) atoms. The van der Waals surface area contributed by atoms with Crippen molar-refractivity contribution in [1.29, 1.82) is 0 Å². The Bertz CT molecular complexity index is 554. The van der Waals surface area contributed by atoms with Crippen LogP contribution >= 0.6 is 0 Å². The van der Waals surface area contributed by atoms with Crippen LogP contribution in [-0.2, 0) is 4.79 Å². The molecule has 1 aliphatic rings. The molecular weight excluding hydrogens is 245 g/mol. The normalized spacial score (nSPS) is 16.4. The lowest BCUT2D eigenvalue weighted by atomic mass is 10.0. The van der Waals surface area contributed by atoms with E-state index in [1.807, 2.05) is 0 Å². The SMILES string of the molecule is CC(=O)Oc1ccc2c(c1C)O[B-](F)(F)[O+]=C2C. The Labute approximate surface area is 102 Å². The van der Waals surface area contributed by atoms with E-state index < -0.39 is 13.1 Å². The van der Waals surface area contributed by atoms with Crippen molar-refractivity contribution >= 4 is 18.9 Å². The van der Waals surface area contributed by atoms with Gasteiger partial charge in [0.2, 0.25) is 0 Å². The van der Waals surface area contributed by atoms with Crippen LogP contribution in [0.1, 0.15) is 29.3 Å². The van der Waals surface area contributed by atoms with Crippen molar-refractivity contribution in [1.82, 2.24) is 0 Å². The number of carbonyl (C=O) groups is 1. The van der Waals surface area contributed by atoms with Crippen LogP contribution in [-0.4, -0.2) is 18.9 Å². The second-order valence-electron chi connectivity index (χ2n) is 3.99. The summed E-state index contributed by atoms with van der Waals surface area (Å²) < 4.78 is 40.2. The Morgan fingerprint density at radius 1 is 1.39 bits per heavy atom. The first-order chi connectivity index (χ1) is 8.30. The van der Waals surface area contributed by atoms with E-state index >= 15 is 0 Å². The number of ketones is 1. The van der Waals surface area contributed by atoms with Crippen LogP contribution in [0.25, 0.3) is 0 Å². The maximum Gasteiger partial charge on any atom is 0.994 e. The highest BCUT2D eigenvalue weighted by atomic mass is 19.3. The van der Waals surface area contributed by atoms with Crippen molar-refractivity contribution in [3.63, 3.8) is 0 Å². The fraction of sp³-hybridized carbons (Fsp3) is 0.273. The third-order valence-electron chi connectivity index (χ3n) is 2.56. The molecule has 0 saturated heterocycles. The summed E-state index contributed by atoms with van der Waals surface area (Å²) in [5.41, 5.74) is 0.767. The van der Waals surface area contributed by atoms with Gasteiger partial charge in [0.1, 0.15) is 17.1 Å². The molecule has 0 radical (unpaired) electrons. The lowest BCUT2D eigenvalue weighted by molar-refractivity contribution is -0.182. The van der Waals surface area contributed by atoms with Gasteiger partial charge in [0.25, 0.3) is 5.78 Å². The summed E-state index contributed by atoms with van der Waals surface area (Å²) in [5.74, 6) is -0.258. The monoisotopic (exact) mass is 256 g/mol. The van der Waals surface area contributed by atoms with Crippen LogP contribution in [0.3, 0.4) is 0 Å². The van der Waals surface area contributed by atoms with Crippen LogP contribution in [0.2, 0.25) is 0 Å². The highest BCUT2D eigenvalue weighted by Gasteiger charge is 2.53. The fourth-order valence-electron chi connectivity index (χ4n) is 1.80. The van der Waals surface area contributed by atoms with Crippen molar-refractivity contribution in [3.8, 4) is 11.5 Å². The number of ether oxygens (including phenoxy) is 1. The highest BCUT2D eigenvalue weighted by Crippen LogP contribution is 2.37. The van der Waals surface area contributed by atoms with Gasteiger partial charge in [0, 0.05) is 19.4 Å². The summed E-state index contributed by atoms with van der Waals surface area (Å²) >= 11 is 0. The quantitative estimate of drug-likeness (QED) is 0.335. The van der Waals surface area contributed by atoms with E-state index in [4.69, 9.17) is 4.74 Å². The number of halogens is 2. The summed E-state index contributed by atoms with van der Waals surface area (Å²) in [7, 11) is -4.37. The smallest absolute Gasteiger partial charge is 0.568 e. The molecular formula is C11H11BF2O4. The lowest BCUT2D eigenvalue weighted by Gasteiger charge is -2.22. The molecule has 1 heterocycles. The standard InChI is InChI=1S/C11H11BF2O4/c1-6-10(16-8(3)15)5-4-9-7(2)17-12(13,14)18-11(6)9/h4-5H,1-3H3. The maximum absolute atomic E-state index is 13.2. The van der Waals surface area contributed by atoms with Gasteiger partial charge in [-0.3, -0.25) is 4.79 Å². The minimum atomic E-state index is -4.37. The van der Waals surface area contributed by atoms with E-state index in [1.54, 1.807) is 6.92 Å². The molecule has 0 bridgehead atoms. The van der Waals surface area contributed by atoms with Crippen LogP contribution in [0, 0.1) is 6.92 Å². The molecule has 1 aliphatic heterocycles. The predicted molar refractivity (Wildman–Crippen MR) is 61.1 cm³/mol. The molecule has 96 valence electrons. The van der Waals surface area contributed by atoms with Gasteiger partial charge in [-0.2, -0.15) is 0 Å². The Kier molecular flexibility index (Phi) is 2.84. The molecule has 0 N–H and O–H groups in total. The summed E-state index contributed by atoms with van der Waals surface area (Å²) in [6.45, 7) is 4.21. The van der Waals surface area contributed by atoms with E-state index in [9.17, 15) is 13.4 Å². The molecule has 1 aromatic rings. The van der Waals surface area contributed by atoms with Gasteiger partial charge in [-0.15, -0.1) is 0 Å². The van der Waals surface area contributed by atoms with Gasteiger partial charge < -0.3 is 22.4 Å². The molecule has 0 atom stereocenters. The van der Waals surface area contributed by atoms with E-state index in [0.29, 0.717) is 11.1 Å². The van der Waals surface area contributed by atoms with Crippen LogP contribution in [0.15, 0.2) is 12.1 Å². The molecule has 0 amide bonds. The van der Waals surface area contributed by atoms with Crippen molar-refractivity contribution in [2.75, 3.05) is 0 Å². The Morgan fingerprint density at radius 3 is 2.67 bits per heavy atom. The Hall–Kier alpha value is -1.92. The third kappa shape index (κ3) is 2.20. The highest BCUT2D eigenvalue weighted by molar-refractivity contribution is 6.52. The average Bonchev–Trinajstić information content (AvgIpc) is 2.21. The second-order valence-corrected chi connectivity index (χ2v) is 3.99. The van der Waals surface area contributed by atoms with Crippen molar-refractivity contribution in [3.05, 3.63) is 23.3 Å². The summed E-state index contributed by atoms with van der Waals surface area (Å²) in [4.78, 5) is 10.9. The molecule has 0 saturated carbocycles. The van der Waals surface area contributed by atoms with E-state index in [2.05, 4.69) is 9.00 Å². The molecule has 0 aromatic heterocycles. The molecule has 4 nitrogen and oxygen atoms in total. The van der Waals surface area contributed by atoms with E-state index in [0.717, 1.165) is 0 Å². The topological polar surface area (TPSA) is 46.8 Å². The van der Waals surface area contributed by atoms with Gasteiger partial charge in [-0.1, -0.05) is 0 Å². The van der Waals surface area contributed by atoms with Crippen LogP contribution in [0.4, 0.5) is 8.63 Å². The molecule has 0 aliphatic carbocycles. The van der Waals surface area contributed by atoms with Gasteiger partial charge in [-0.05, 0) is 19.1 Å². The number of fused-ring (bicyclic) bond motifs is 1. The number of carbonyl (C=O) groups excluding carboxylic acids is 2. The molecule has 7 heteroatoms. The zero-order chi connectivity index (χ0) is 13.5. The lowest BCUT2D eigenvalue weighted by Crippen LogP contribution is -2.36. The minimum Gasteiger partial charge on any atom is -0.568 e. The summed E-state index contributed by atoms with van der Waals surface area (Å²) in [6, 6.07) is 3.03. The molecule has 1 aromatic carbocycles. The zero-order valence-electron chi connectivity index (χ0n) is 10.1. The maximum atomic E-state index is 13.2. The Balaban J connectivity index is 2.53.